The van der Waals surface area contributed by atoms with Crippen LogP contribution in [0.5, 0.6) is 0 Å². The molecule has 1 aromatic heterocycles. The van der Waals surface area contributed by atoms with Crippen molar-refractivity contribution in [3.05, 3.63) is 11.8 Å². The highest BCUT2D eigenvalue weighted by molar-refractivity contribution is 5.47. The molecule has 19 heavy (non-hydrogen) atoms. The number of nitrogens with one attached hydrogen (secondary N) is 2. The lowest BCUT2D eigenvalue weighted by Crippen LogP contribution is -2.33. The third-order valence-corrected chi connectivity index (χ3v) is 4.06. The van der Waals surface area contributed by atoms with Crippen LogP contribution < -0.4 is 10.6 Å². The number of hydrogen-bond acceptors (Lipinski definition) is 4. The Bertz CT molecular complexity index is 419. The molecule has 1 aliphatic rings. The van der Waals surface area contributed by atoms with Gasteiger partial charge < -0.3 is 10.6 Å². The van der Waals surface area contributed by atoms with Crippen LogP contribution in [0.15, 0.2) is 6.20 Å². The van der Waals surface area contributed by atoms with Gasteiger partial charge in [0, 0.05) is 24.3 Å². The highest BCUT2D eigenvalue weighted by Gasteiger charge is 2.25. The lowest BCUT2D eigenvalue weighted by atomic mass is 9.80. The Morgan fingerprint density at radius 2 is 2.11 bits per heavy atom. The summed E-state index contributed by atoms with van der Waals surface area (Å²) in [5.41, 5.74) is 1.12. The average molecular weight is 262 g/mol. The molecule has 4 heteroatoms. The first-order valence-corrected chi connectivity index (χ1v) is 7.44. The smallest absolute Gasteiger partial charge is 0.224 e. The molecule has 2 N–H and O–H groups in total. The number of nitrogens with zero attached hydrogens (tertiary/aromatic N) is 2. The van der Waals surface area contributed by atoms with E-state index in [1.165, 1.54) is 19.3 Å². The van der Waals surface area contributed by atoms with Crippen LogP contribution in [0.1, 0.15) is 45.6 Å². The summed E-state index contributed by atoms with van der Waals surface area (Å²) in [6, 6.07) is 0.541. The predicted molar refractivity (Wildman–Crippen MR) is 80.5 cm³/mol. The van der Waals surface area contributed by atoms with E-state index >= 15 is 0 Å². The predicted octanol–water partition coefficient (Wildman–Crippen LogP) is 3.45. The van der Waals surface area contributed by atoms with Gasteiger partial charge in [-0.2, -0.15) is 4.98 Å². The van der Waals surface area contributed by atoms with Crippen molar-refractivity contribution in [3.8, 4) is 0 Å². The molecule has 1 heterocycles. The topological polar surface area (TPSA) is 49.8 Å². The van der Waals surface area contributed by atoms with Crippen LogP contribution in [-0.4, -0.2) is 22.6 Å². The average Bonchev–Trinajstić information content (AvgIpc) is 2.37. The van der Waals surface area contributed by atoms with E-state index in [0.717, 1.165) is 23.8 Å². The maximum absolute atomic E-state index is 4.58. The van der Waals surface area contributed by atoms with Crippen molar-refractivity contribution < 1.29 is 0 Å². The normalized spacial score (nSPS) is 27.1. The second-order valence-corrected chi connectivity index (χ2v) is 5.90. The number of aromatic nitrogens is 2. The van der Waals surface area contributed by atoms with E-state index in [2.05, 4.69) is 48.3 Å². The number of hydrogen-bond donors (Lipinski definition) is 2. The van der Waals surface area contributed by atoms with Crippen LogP contribution in [-0.2, 0) is 0 Å². The molecule has 1 fully saturated rings. The third kappa shape index (κ3) is 3.58. The maximum atomic E-state index is 4.58. The Labute approximate surface area is 116 Å². The quantitative estimate of drug-likeness (QED) is 0.872. The number of anilines is 2. The van der Waals surface area contributed by atoms with Crippen molar-refractivity contribution >= 4 is 11.8 Å². The lowest BCUT2D eigenvalue weighted by Gasteiger charge is -2.33. The highest BCUT2D eigenvalue weighted by Crippen LogP contribution is 2.31. The molecule has 0 bridgehead atoms. The van der Waals surface area contributed by atoms with Gasteiger partial charge in [0.25, 0.3) is 0 Å². The molecule has 0 spiro atoms. The van der Waals surface area contributed by atoms with E-state index in [0.29, 0.717) is 17.9 Å². The number of aryl methyl sites for hydroxylation is 1. The summed E-state index contributed by atoms with van der Waals surface area (Å²) in [4.78, 5) is 8.87. The van der Waals surface area contributed by atoms with Crippen LogP contribution in [0, 0.1) is 18.8 Å². The molecule has 1 aliphatic carbocycles. The van der Waals surface area contributed by atoms with Crippen molar-refractivity contribution in [3.63, 3.8) is 0 Å². The monoisotopic (exact) mass is 262 g/mol. The summed E-state index contributed by atoms with van der Waals surface area (Å²) in [7, 11) is 0. The summed E-state index contributed by atoms with van der Waals surface area (Å²) in [5.74, 6) is 3.27. The van der Waals surface area contributed by atoms with Gasteiger partial charge in [0.15, 0.2) is 0 Å². The zero-order valence-corrected chi connectivity index (χ0v) is 12.5. The van der Waals surface area contributed by atoms with E-state index < -0.39 is 0 Å². The van der Waals surface area contributed by atoms with Gasteiger partial charge in [-0.15, -0.1) is 0 Å². The van der Waals surface area contributed by atoms with Gasteiger partial charge in [-0.1, -0.05) is 13.8 Å². The van der Waals surface area contributed by atoms with Crippen LogP contribution in [0.2, 0.25) is 0 Å². The highest BCUT2D eigenvalue weighted by atomic mass is 15.1. The van der Waals surface area contributed by atoms with E-state index in [-0.39, 0.29) is 0 Å². The lowest BCUT2D eigenvalue weighted by molar-refractivity contribution is 0.276. The maximum Gasteiger partial charge on any atom is 0.224 e. The van der Waals surface area contributed by atoms with Crippen LogP contribution in [0.25, 0.3) is 0 Å². The Morgan fingerprint density at radius 1 is 1.32 bits per heavy atom. The third-order valence-electron chi connectivity index (χ3n) is 4.06. The molecule has 4 nitrogen and oxygen atoms in total. The van der Waals surface area contributed by atoms with E-state index in [9.17, 15) is 0 Å². The Balaban J connectivity index is 2.07. The fourth-order valence-corrected chi connectivity index (χ4v) is 2.89. The molecule has 0 aromatic carbocycles. The molecule has 0 amide bonds. The van der Waals surface area contributed by atoms with E-state index in [1.807, 2.05) is 6.20 Å². The van der Waals surface area contributed by atoms with Crippen LogP contribution in [0.3, 0.4) is 0 Å². The molecule has 1 aromatic rings. The Hall–Kier alpha value is -1.32. The fraction of sp³-hybridized carbons (Fsp3) is 0.733. The van der Waals surface area contributed by atoms with Gasteiger partial charge >= 0.3 is 0 Å². The zero-order chi connectivity index (χ0) is 13.8. The first kappa shape index (κ1) is 14.1. The zero-order valence-electron chi connectivity index (χ0n) is 12.5. The minimum atomic E-state index is 0.541. The number of rotatable bonds is 4. The van der Waals surface area contributed by atoms with E-state index in [4.69, 9.17) is 0 Å². The van der Waals surface area contributed by atoms with Gasteiger partial charge in [-0.25, -0.2) is 4.98 Å². The minimum Gasteiger partial charge on any atom is -0.367 e. The van der Waals surface area contributed by atoms with Gasteiger partial charge in [-0.3, -0.25) is 0 Å². The molecular formula is C15H26N4. The first-order chi connectivity index (χ1) is 9.10. The molecular weight excluding hydrogens is 236 g/mol. The second kappa shape index (κ2) is 6.22. The molecule has 1 saturated carbocycles. The second-order valence-electron chi connectivity index (χ2n) is 5.90. The molecule has 0 radical (unpaired) electrons. The molecule has 0 aliphatic heterocycles. The summed E-state index contributed by atoms with van der Waals surface area (Å²) in [6.07, 6.45) is 5.75. The van der Waals surface area contributed by atoms with Gasteiger partial charge in [0.1, 0.15) is 5.82 Å². The van der Waals surface area contributed by atoms with Crippen molar-refractivity contribution in [1.29, 1.82) is 0 Å². The summed E-state index contributed by atoms with van der Waals surface area (Å²) >= 11 is 0. The standard InChI is InChI=1S/C15H26N4/c1-5-16-15-17-9-12(4)14(19-15)18-13-7-6-10(2)8-11(13)3/h9-11,13H,5-8H2,1-4H3,(H2,16,17,18,19). The summed E-state index contributed by atoms with van der Waals surface area (Å²) < 4.78 is 0. The van der Waals surface area contributed by atoms with Gasteiger partial charge in [-0.05, 0) is 44.9 Å². The summed E-state index contributed by atoms with van der Waals surface area (Å²) in [5, 5.41) is 6.80. The van der Waals surface area contributed by atoms with Crippen molar-refractivity contribution in [2.45, 2.75) is 53.0 Å². The summed E-state index contributed by atoms with van der Waals surface area (Å²) in [6.45, 7) is 9.66. The van der Waals surface area contributed by atoms with E-state index in [1.54, 1.807) is 0 Å². The largest absolute Gasteiger partial charge is 0.367 e. The minimum absolute atomic E-state index is 0.541. The van der Waals surface area contributed by atoms with Gasteiger partial charge in [0.05, 0.1) is 0 Å². The van der Waals surface area contributed by atoms with Gasteiger partial charge in [0.2, 0.25) is 5.95 Å². The first-order valence-electron chi connectivity index (χ1n) is 7.44. The molecule has 0 saturated heterocycles. The van der Waals surface area contributed by atoms with Crippen molar-refractivity contribution in [2.24, 2.45) is 11.8 Å². The molecule has 106 valence electrons. The molecule has 3 atom stereocenters. The Kier molecular flexibility index (Phi) is 4.61. The van der Waals surface area contributed by atoms with Crippen LogP contribution in [0.4, 0.5) is 11.8 Å². The molecule has 3 unspecified atom stereocenters. The van der Waals surface area contributed by atoms with Crippen LogP contribution >= 0.6 is 0 Å². The van der Waals surface area contributed by atoms with Crippen molar-refractivity contribution in [1.82, 2.24) is 9.97 Å². The Morgan fingerprint density at radius 3 is 2.79 bits per heavy atom. The van der Waals surface area contributed by atoms with Crippen molar-refractivity contribution in [2.75, 3.05) is 17.2 Å². The SMILES string of the molecule is CCNc1ncc(C)c(NC2CCC(C)CC2C)n1. The molecule has 2 rings (SSSR count). The fourth-order valence-electron chi connectivity index (χ4n) is 2.89.